The molecule has 0 saturated heterocycles. The number of halogens is 1. The third kappa shape index (κ3) is 3.14. The molecule has 0 aliphatic carbocycles. The lowest BCUT2D eigenvalue weighted by molar-refractivity contribution is 0.385. The molecule has 0 bridgehead atoms. The molecule has 0 aliphatic heterocycles. The summed E-state index contributed by atoms with van der Waals surface area (Å²) in [4.78, 5) is 5.19. The Kier molecular flexibility index (Phi) is 3.91. The summed E-state index contributed by atoms with van der Waals surface area (Å²) in [7, 11) is 0. The zero-order valence-electron chi connectivity index (χ0n) is 9.31. The first kappa shape index (κ1) is 12.3. The van der Waals surface area contributed by atoms with Gasteiger partial charge in [0, 0.05) is 22.0 Å². The van der Waals surface area contributed by atoms with Crippen molar-refractivity contribution in [1.82, 2.24) is 10.1 Å². The molecule has 1 aromatic carbocycles. The molecule has 2 aromatic rings. The predicted molar refractivity (Wildman–Crippen MR) is 69.1 cm³/mol. The highest BCUT2D eigenvalue weighted by atomic mass is 35.5. The van der Waals surface area contributed by atoms with Crippen LogP contribution < -0.4 is 5.73 Å². The summed E-state index contributed by atoms with van der Waals surface area (Å²) >= 11 is 7.38. The van der Waals surface area contributed by atoms with Gasteiger partial charge in [0.25, 0.3) is 0 Å². The summed E-state index contributed by atoms with van der Waals surface area (Å²) < 4.78 is 5.09. The molecular weight excluding hydrogens is 258 g/mol. The Balaban J connectivity index is 2.02. The fourth-order valence-corrected chi connectivity index (χ4v) is 2.25. The Morgan fingerprint density at radius 3 is 2.94 bits per heavy atom. The molecule has 17 heavy (non-hydrogen) atoms. The molecule has 90 valence electrons. The number of nitrogens with two attached hydrogens (primary N) is 1. The summed E-state index contributed by atoms with van der Waals surface area (Å²) in [5.41, 5.74) is 6.51. The van der Waals surface area contributed by atoms with Gasteiger partial charge in [-0.3, -0.25) is 0 Å². The number of nitrogens with zero attached hydrogens (tertiary/aromatic N) is 2. The third-order valence-corrected chi connectivity index (χ3v) is 3.46. The van der Waals surface area contributed by atoms with Crippen LogP contribution in [0.4, 0.5) is 5.69 Å². The predicted octanol–water partition coefficient (Wildman–Crippen LogP) is 3.16. The largest absolute Gasteiger partial charge is 0.398 e. The molecule has 0 fully saturated rings. The molecular formula is C11H12ClN3OS. The number of thioether (sulfide) groups is 1. The average Bonchev–Trinajstić information content (AvgIpc) is 2.76. The average molecular weight is 270 g/mol. The number of anilines is 1. The first-order valence-corrected chi connectivity index (χ1v) is 6.54. The van der Waals surface area contributed by atoms with Gasteiger partial charge in [0.1, 0.15) is 0 Å². The third-order valence-electron chi connectivity index (χ3n) is 2.15. The number of hydrogen-bond acceptors (Lipinski definition) is 5. The molecule has 0 radical (unpaired) electrons. The second-order valence-corrected chi connectivity index (χ2v) is 4.88. The number of nitrogen functional groups attached to an aromatic ring is 1. The lowest BCUT2D eigenvalue weighted by Gasteiger charge is -2.03. The summed E-state index contributed by atoms with van der Waals surface area (Å²) in [6.07, 6.45) is 0.775. The van der Waals surface area contributed by atoms with Crippen LogP contribution >= 0.6 is 23.4 Å². The summed E-state index contributed by atoms with van der Waals surface area (Å²) in [5, 5.41) is 4.47. The minimum Gasteiger partial charge on any atom is -0.398 e. The fraction of sp³-hybridized carbons (Fsp3) is 0.273. The molecule has 2 N–H and O–H groups in total. The van der Waals surface area contributed by atoms with Crippen LogP contribution in [-0.4, -0.2) is 10.1 Å². The monoisotopic (exact) mass is 269 g/mol. The molecule has 2 rings (SSSR count). The van der Waals surface area contributed by atoms with Gasteiger partial charge in [0.05, 0.1) is 5.75 Å². The maximum Gasteiger partial charge on any atom is 0.237 e. The standard InChI is InChI=1S/C11H12ClN3OS/c1-2-10-14-11(16-15-10)6-17-9-4-3-7(12)5-8(9)13/h3-5H,2,6,13H2,1H3. The zero-order valence-corrected chi connectivity index (χ0v) is 10.9. The van der Waals surface area contributed by atoms with Gasteiger partial charge in [-0.05, 0) is 18.2 Å². The van der Waals surface area contributed by atoms with Crippen LogP contribution in [0.1, 0.15) is 18.6 Å². The zero-order chi connectivity index (χ0) is 12.3. The van der Waals surface area contributed by atoms with Gasteiger partial charge < -0.3 is 10.3 Å². The lowest BCUT2D eigenvalue weighted by atomic mass is 10.3. The Morgan fingerprint density at radius 2 is 2.29 bits per heavy atom. The van der Waals surface area contributed by atoms with E-state index in [0.29, 0.717) is 22.4 Å². The van der Waals surface area contributed by atoms with E-state index in [1.165, 1.54) is 0 Å². The van der Waals surface area contributed by atoms with Crippen molar-refractivity contribution in [1.29, 1.82) is 0 Å². The lowest BCUT2D eigenvalue weighted by Crippen LogP contribution is -1.89. The first-order chi connectivity index (χ1) is 8.19. The topological polar surface area (TPSA) is 64.9 Å². The molecule has 4 nitrogen and oxygen atoms in total. The molecule has 0 saturated carbocycles. The van der Waals surface area contributed by atoms with Crippen molar-refractivity contribution in [3.8, 4) is 0 Å². The van der Waals surface area contributed by atoms with E-state index in [4.69, 9.17) is 21.9 Å². The second-order valence-electron chi connectivity index (χ2n) is 3.43. The van der Waals surface area contributed by atoms with Crippen molar-refractivity contribution in [3.05, 3.63) is 34.9 Å². The number of aryl methyl sites for hydroxylation is 1. The van der Waals surface area contributed by atoms with E-state index < -0.39 is 0 Å². The van der Waals surface area contributed by atoms with E-state index in [1.54, 1.807) is 17.8 Å². The Hall–Kier alpha value is -1.20. The van der Waals surface area contributed by atoms with Crippen LogP contribution in [0.3, 0.4) is 0 Å². The van der Waals surface area contributed by atoms with Crippen molar-refractivity contribution >= 4 is 29.1 Å². The molecule has 0 aliphatic rings. The Labute approximate surface area is 109 Å². The first-order valence-electron chi connectivity index (χ1n) is 5.18. The molecule has 6 heteroatoms. The van der Waals surface area contributed by atoms with Gasteiger partial charge in [-0.25, -0.2) is 0 Å². The minimum atomic E-state index is 0.610. The number of hydrogen-bond donors (Lipinski definition) is 1. The van der Waals surface area contributed by atoms with E-state index in [-0.39, 0.29) is 0 Å². The second kappa shape index (κ2) is 5.42. The Morgan fingerprint density at radius 1 is 1.47 bits per heavy atom. The van der Waals surface area contributed by atoms with Gasteiger partial charge >= 0.3 is 0 Å². The highest BCUT2D eigenvalue weighted by Crippen LogP contribution is 2.29. The van der Waals surface area contributed by atoms with Gasteiger partial charge in [-0.15, -0.1) is 11.8 Å². The highest BCUT2D eigenvalue weighted by molar-refractivity contribution is 7.98. The van der Waals surface area contributed by atoms with Crippen LogP contribution in [0.25, 0.3) is 0 Å². The van der Waals surface area contributed by atoms with E-state index in [9.17, 15) is 0 Å². The van der Waals surface area contributed by atoms with Crippen LogP contribution in [0.2, 0.25) is 5.02 Å². The van der Waals surface area contributed by atoms with Crippen LogP contribution in [0.5, 0.6) is 0 Å². The van der Waals surface area contributed by atoms with Gasteiger partial charge in [-0.2, -0.15) is 4.98 Å². The maximum absolute atomic E-state index is 5.84. The van der Waals surface area contributed by atoms with Gasteiger partial charge in [0.2, 0.25) is 5.89 Å². The van der Waals surface area contributed by atoms with Crippen molar-refractivity contribution in [2.24, 2.45) is 0 Å². The molecule has 0 atom stereocenters. The SMILES string of the molecule is CCc1noc(CSc2ccc(Cl)cc2N)n1. The smallest absolute Gasteiger partial charge is 0.237 e. The molecule has 1 heterocycles. The molecule has 0 spiro atoms. The van der Waals surface area contributed by atoms with Crippen molar-refractivity contribution in [2.45, 2.75) is 24.0 Å². The molecule has 0 amide bonds. The van der Waals surface area contributed by atoms with Gasteiger partial charge in [-0.1, -0.05) is 23.7 Å². The Bertz CT molecular complexity index is 515. The fourth-order valence-electron chi connectivity index (χ4n) is 1.28. The normalized spacial score (nSPS) is 10.7. The summed E-state index contributed by atoms with van der Waals surface area (Å²) in [5.74, 6) is 1.95. The quantitative estimate of drug-likeness (QED) is 0.682. The molecule has 0 unspecified atom stereocenters. The maximum atomic E-state index is 5.84. The minimum absolute atomic E-state index is 0.610. The molecule has 1 aromatic heterocycles. The number of rotatable bonds is 4. The van der Waals surface area contributed by atoms with Crippen molar-refractivity contribution in [2.75, 3.05) is 5.73 Å². The summed E-state index contributed by atoms with van der Waals surface area (Å²) in [6.45, 7) is 1.99. The number of aromatic nitrogens is 2. The van der Waals surface area contributed by atoms with E-state index in [2.05, 4.69) is 10.1 Å². The van der Waals surface area contributed by atoms with Crippen LogP contribution in [0.15, 0.2) is 27.6 Å². The van der Waals surface area contributed by atoms with E-state index in [0.717, 1.165) is 17.1 Å². The van der Waals surface area contributed by atoms with Crippen molar-refractivity contribution in [3.63, 3.8) is 0 Å². The van der Waals surface area contributed by atoms with Gasteiger partial charge in [0.15, 0.2) is 5.82 Å². The number of benzene rings is 1. The summed E-state index contributed by atoms with van der Waals surface area (Å²) in [6, 6.07) is 5.43. The van der Waals surface area contributed by atoms with Crippen molar-refractivity contribution < 1.29 is 4.52 Å². The van der Waals surface area contributed by atoms with Crippen LogP contribution in [0, 0.1) is 0 Å². The highest BCUT2D eigenvalue weighted by Gasteiger charge is 2.07. The van der Waals surface area contributed by atoms with E-state index >= 15 is 0 Å². The van der Waals surface area contributed by atoms with Crippen LogP contribution in [-0.2, 0) is 12.2 Å². The van der Waals surface area contributed by atoms with E-state index in [1.807, 2.05) is 19.1 Å².